The highest BCUT2D eigenvalue weighted by Crippen LogP contribution is 2.28. The predicted octanol–water partition coefficient (Wildman–Crippen LogP) is 2.14. The Morgan fingerprint density at radius 2 is 1.61 bits per heavy atom. The van der Waals surface area contributed by atoms with E-state index in [9.17, 15) is 24.3 Å². The van der Waals surface area contributed by atoms with Crippen LogP contribution in [0.5, 0.6) is 0 Å². The summed E-state index contributed by atoms with van der Waals surface area (Å²) in [5.74, 6) is -2.09. The monoisotopic (exact) mass is 662 g/mol. The van der Waals surface area contributed by atoms with E-state index in [2.05, 4.69) is 15.6 Å². The molecule has 0 spiro atoms. The first-order valence-corrected chi connectivity index (χ1v) is 16.2. The second-order valence-electron chi connectivity index (χ2n) is 12.2. The molecule has 0 saturated carbocycles. The highest BCUT2D eigenvalue weighted by Gasteiger charge is 2.44. The minimum Gasteiger partial charge on any atom is -0.481 e. The van der Waals surface area contributed by atoms with Crippen molar-refractivity contribution in [2.45, 2.75) is 71.7 Å². The van der Waals surface area contributed by atoms with Gasteiger partial charge in [0.25, 0.3) is 0 Å². The lowest BCUT2D eigenvalue weighted by atomic mass is 9.85. The molecule has 3 amide bonds. The number of β-amino-alcohol motifs (C(OH)–C–C–N with tert-alkyl or cyclic N) is 1. The minimum absolute atomic E-state index is 0.00399. The van der Waals surface area contributed by atoms with Crippen molar-refractivity contribution in [2.24, 2.45) is 5.41 Å². The zero-order valence-corrected chi connectivity index (χ0v) is 27.8. The van der Waals surface area contributed by atoms with Gasteiger partial charge in [-0.2, -0.15) is 0 Å². The van der Waals surface area contributed by atoms with Gasteiger partial charge in [-0.1, -0.05) is 45.0 Å². The van der Waals surface area contributed by atoms with E-state index in [1.165, 1.54) is 4.90 Å². The molecule has 1 aromatic heterocycles. The second-order valence-corrected chi connectivity index (χ2v) is 13.0. The van der Waals surface area contributed by atoms with E-state index in [1.54, 1.807) is 16.8 Å². The number of aliphatic hydroxyl groups excluding tert-OH is 1. The summed E-state index contributed by atoms with van der Waals surface area (Å²) in [4.78, 5) is 57.0. The van der Waals surface area contributed by atoms with Crippen molar-refractivity contribution in [1.29, 1.82) is 0 Å². The average Bonchev–Trinajstić information content (AvgIpc) is 3.61. The first kappa shape index (κ1) is 37.0. The van der Waals surface area contributed by atoms with Gasteiger partial charge < -0.3 is 40.0 Å². The Labute approximate surface area is 273 Å². The number of carboxylic acids is 1. The molecule has 1 aliphatic heterocycles. The molecule has 1 aliphatic rings. The Morgan fingerprint density at radius 3 is 2.17 bits per heavy atom. The molecule has 1 fully saturated rings. The van der Waals surface area contributed by atoms with E-state index in [0.29, 0.717) is 6.61 Å². The van der Waals surface area contributed by atoms with Crippen LogP contribution in [0.4, 0.5) is 0 Å². The molecule has 46 heavy (non-hydrogen) atoms. The van der Waals surface area contributed by atoms with Crippen LogP contribution in [-0.2, 0) is 39.9 Å². The number of benzene rings is 1. The topological polar surface area (TPSA) is 177 Å². The Balaban J connectivity index is 1.45. The van der Waals surface area contributed by atoms with Gasteiger partial charge in [-0.15, -0.1) is 11.3 Å². The third-order valence-electron chi connectivity index (χ3n) is 7.39. The molecule has 1 saturated heterocycles. The van der Waals surface area contributed by atoms with Crippen molar-refractivity contribution in [3.05, 3.63) is 41.0 Å². The van der Waals surface area contributed by atoms with Crippen molar-refractivity contribution in [1.82, 2.24) is 20.5 Å². The average molecular weight is 663 g/mol. The van der Waals surface area contributed by atoms with Gasteiger partial charge in [0.2, 0.25) is 17.7 Å². The van der Waals surface area contributed by atoms with Gasteiger partial charge in [0.05, 0.1) is 68.2 Å². The van der Waals surface area contributed by atoms with Gasteiger partial charge in [0, 0.05) is 25.9 Å². The molecule has 3 atom stereocenters. The standard InChI is InChI=1S/C32H46N4O9S/c1-21-28(46-20-34-21)23-7-5-22(6-8-23)18-33-30(41)25-17-24(37)19-36(25)31(42)29(32(2,3)4)35-26(38)9-11-43-13-15-45-16-14-44-12-10-27(39)40/h5-8,20,24-25,29,37H,9-19H2,1-4H3,(H,33,41)(H,35,38)(H,39,40)/t24-,25+,29-/m1/s1. The molecule has 254 valence electrons. The van der Waals surface area contributed by atoms with Crippen LogP contribution in [-0.4, -0.2) is 108 Å². The number of carbonyl (C=O) groups excluding carboxylic acids is 3. The maximum atomic E-state index is 13.7. The smallest absolute Gasteiger partial charge is 0.305 e. The van der Waals surface area contributed by atoms with Crippen LogP contribution in [0.25, 0.3) is 10.4 Å². The molecular formula is C32H46N4O9S. The maximum absolute atomic E-state index is 13.7. The molecule has 1 aromatic carbocycles. The van der Waals surface area contributed by atoms with Gasteiger partial charge in [0.1, 0.15) is 12.1 Å². The first-order chi connectivity index (χ1) is 21.9. The number of thiazole rings is 1. The summed E-state index contributed by atoms with van der Waals surface area (Å²) in [5.41, 5.74) is 4.05. The van der Waals surface area contributed by atoms with Crippen molar-refractivity contribution in [3.63, 3.8) is 0 Å². The summed E-state index contributed by atoms with van der Waals surface area (Å²) < 4.78 is 15.9. The molecule has 0 radical (unpaired) electrons. The number of carbonyl (C=O) groups is 4. The molecular weight excluding hydrogens is 616 g/mol. The number of nitrogens with zero attached hydrogens (tertiary/aromatic N) is 2. The fraction of sp³-hybridized carbons (Fsp3) is 0.594. The van der Waals surface area contributed by atoms with E-state index in [1.807, 2.05) is 52.0 Å². The number of rotatable bonds is 18. The minimum atomic E-state index is -0.923. The van der Waals surface area contributed by atoms with Gasteiger partial charge in [-0.05, 0) is 23.5 Å². The van der Waals surface area contributed by atoms with Crippen molar-refractivity contribution in [2.75, 3.05) is 46.2 Å². The highest BCUT2D eigenvalue weighted by molar-refractivity contribution is 7.13. The lowest BCUT2D eigenvalue weighted by Gasteiger charge is -2.35. The van der Waals surface area contributed by atoms with Crippen molar-refractivity contribution in [3.8, 4) is 10.4 Å². The third kappa shape index (κ3) is 11.7. The third-order valence-corrected chi connectivity index (χ3v) is 8.37. The summed E-state index contributed by atoms with van der Waals surface area (Å²) in [7, 11) is 0. The second kappa shape index (κ2) is 18.0. The molecule has 14 heteroatoms. The molecule has 2 aromatic rings. The van der Waals surface area contributed by atoms with Crippen LogP contribution in [0.3, 0.4) is 0 Å². The van der Waals surface area contributed by atoms with Crippen LogP contribution in [0.15, 0.2) is 29.8 Å². The van der Waals surface area contributed by atoms with E-state index in [-0.39, 0.29) is 77.2 Å². The number of ether oxygens (including phenoxy) is 3. The molecule has 2 heterocycles. The van der Waals surface area contributed by atoms with Crippen LogP contribution in [0.1, 0.15) is 51.3 Å². The molecule has 4 N–H and O–H groups in total. The van der Waals surface area contributed by atoms with Crippen molar-refractivity contribution < 1.29 is 43.6 Å². The number of amides is 3. The number of aryl methyl sites for hydroxylation is 1. The molecule has 13 nitrogen and oxygen atoms in total. The summed E-state index contributed by atoms with van der Waals surface area (Å²) in [6, 6.07) is 6.05. The van der Waals surface area contributed by atoms with Gasteiger partial charge in [-0.25, -0.2) is 4.98 Å². The van der Waals surface area contributed by atoms with Crippen LogP contribution in [0, 0.1) is 12.3 Å². The van der Waals surface area contributed by atoms with Crippen LogP contribution in [0.2, 0.25) is 0 Å². The molecule has 0 bridgehead atoms. The van der Waals surface area contributed by atoms with E-state index in [0.717, 1.165) is 21.7 Å². The fourth-order valence-electron chi connectivity index (χ4n) is 4.88. The van der Waals surface area contributed by atoms with Gasteiger partial charge in [0.15, 0.2) is 0 Å². The molecule has 3 rings (SSSR count). The SMILES string of the molecule is Cc1ncsc1-c1ccc(CNC(=O)[C@@H]2C[C@@H](O)CN2C(=O)[C@@H](NC(=O)CCOCCOCCOCCC(=O)O)C(C)(C)C)cc1. The summed E-state index contributed by atoms with van der Waals surface area (Å²) in [6.45, 7) is 9.05. The van der Waals surface area contributed by atoms with Crippen LogP contribution >= 0.6 is 11.3 Å². The van der Waals surface area contributed by atoms with E-state index < -0.39 is 35.5 Å². The number of aromatic nitrogens is 1. The lowest BCUT2D eigenvalue weighted by Crippen LogP contribution is -2.57. The van der Waals surface area contributed by atoms with Crippen molar-refractivity contribution >= 4 is 35.0 Å². The van der Waals surface area contributed by atoms with E-state index in [4.69, 9.17) is 19.3 Å². The van der Waals surface area contributed by atoms with Gasteiger partial charge in [-0.3, -0.25) is 19.2 Å². The number of aliphatic hydroxyl groups is 1. The Kier molecular flexibility index (Phi) is 14.5. The zero-order valence-electron chi connectivity index (χ0n) is 27.0. The summed E-state index contributed by atoms with van der Waals surface area (Å²) in [5, 5.41) is 24.7. The normalized spacial score (nSPS) is 17.1. The van der Waals surface area contributed by atoms with Crippen LogP contribution < -0.4 is 10.6 Å². The highest BCUT2D eigenvalue weighted by atomic mass is 32.1. The molecule has 0 unspecified atom stereocenters. The summed E-state index contributed by atoms with van der Waals surface area (Å²) >= 11 is 1.57. The van der Waals surface area contributed by atoms with E-state index >= 15 is 0 Å². The first-order valence-electron chi connectivity index (χ1n) is 15.4. The number of hydrogen-bond donors (Lipinski definition) is 4. The zero-order chi connectivity index (χ0) is 33.7. The summed E-state index contributed by atoms with van der Waals surface area (Å²) in [6.07, 6.45) is -0.791. The Morgan fingerprint density at radius 1 is 1.00 bits per heavy atom. The maximum Gasteiger partial charge on any atom is 0.305 e. The number of carboxylic acid groups (broad SMARTS) is 1. The number of aliphatic carboxylic acids is 1. The quantitative estimate of drug-likeness (QED) is 0.173. The number of likely N-dealkylation sites (tertiary alicyclic amines) is 1. The largest absolute Gasteiger partial charge is 0.481 e. The Hall–Kier alpha value is -3.43. The Bertz CT molecular complexity index is 1300. The number of hydrogen-bond acceptors (Lipinski definition) is 10. The number of nitrogens with one attached hydrogen (secondary N) is 2. The van der Waals surface area contributed by atoms with Gasteiger partial charge >= 0.3 is 5.97 Å². The molecule has 0 aliphatic carbocycles. The lowest BCUT2D eigenvalue weighted by molar-refractivity contribution is -0.144. The fourth-order valence-corrected chi connectivity index (χ4v) is 5.69. The predicted molar refractivity (Wildman–Crippen MR) is 171 cm³/mol.